The second-order valence-corrected chi connectivity index (χ2v) is 12.2. The fourth-order valence-electron chi connectivity index (χ4n) is 3.35. The largest absolute Gasteiger partial charge is 0.496 e. The fourth-order valence-corrected chi connectivity index (χ4v) is 6.73. The van der Waals surface area contributed by atoms with Gasteiger partial charge in [-0.1, -0.05) is 47.5 Å². The monoisotopic (exact) mass is 610 g/mol. The van der Waals surface area contributed by atoms with E-state index in [-0.39, 0.29) is 17.3 Å². The second-order valence-electron chi connectivity index (χ2n) is 7.99. The van der Waals surface area contributed by atoms with E-state index in [1.807, 2.05) is 43.3 Å². The van der Waals surface area contributed by atoms with Crippen molar-refractivity contribution in [3.8, 4) is 5.75 Å². The number of methoxy groups -OCH3 is 1. The summed E-state index contributed by atoms with van der Waals surface area (Å²) < 4.78 is 34.0. The minimum atomic E-state index is -4.01. The molecule has 3 aromatic rings. The Kier molecular flexibility index (Phi) is 10.5. The van der Waals surface area contributed by atoms with E-state index in [0.29, 0.717) is 22.5 Å². The predicted molar refractivity (Wildman–Crippen MR) is 152 cm³/mol. The Hall–Kier alpha value is -2.20. The molecular weight excluding hydrogens is 584 g/mol. The van der Waals surface area contributed by atoms with Gasteiger partial charge in [-0.05, 0) is 77.0 Å². The Balaban J connectivity index is 1.63. The van der Waals surface area contributed by atoms with E-state index in [9.17, 15) is 13.2 Å². The number of benzene rings is 3. The highest BCUT2D eigenvalue weighted by atomic mass is 79.9. The molecule has 3 aromatic carbocycles. The zero-order chi connectivity index (χ0) is 26.1. The number of sulfonamides is 1. The molecule has 0 saturated carbocycles. The van der Waals surface area contributed by atoms with Crippen LogP contribution in [0, 0.1) is 6.92 Å². The maximum atomic E-state index is 13.6. The lowest BCUT2D eigenvalue weighted by molar-refractivity contribution is -0.119. The predicted octanol–water partition coefficient (Wildman–Crippen LogP) is 6.05. The lowest BCUT2D eigenvalue weighted by atomic mass is 10.2. The third kappa shape index (κ3) is 7.65. The van der Waals surface area contributed by atoms with Crippen LogP contribution in [0.15, 0.2) is 76.1 Å². The van der Waals surface area contributed by atoms with Gasteiger partial charge in [-0.25, -0.2) is 8.42 Å². The van der Waals surface area contributed by atoms with Gasteiger partial charge in [0.15, 0.2) is 0 Å². The number of ether oxygens (including phenoxy) is 1. The van der Waals surface area contributed by atoms with Gasteiger partial charge in [0, 0.05) is 17.3 Å². The van der Waals surface area contributed by atoms with Crippen LogP contribution in [0.4, 0.5) is 5.69 Å². The maximum Gasteiger partial charge on any atom is 0.264 e. The summed E-state index contributed by atoms with van der Waals surface area (Å²) in [6.07, 6.45) is 0.754. The number of rotatable bonds is 12. The van der Waals surface area contributed by atoms with Crippen LogP contribution >= 0.6 is 39.3 Å². The molecule has 0 heterocycles. The average molecular weight is 612 g/mol. The number of hydrogen-bond acceptors (Lipinski definition) is 5. The van der Waals surface area contributed by atoms with Crippen LogP contribution in [0.2, 0.25) is 5.02 Å². The summed E-state index contributed by atoms with van der Waals surface area (Å²) in [6, 6.07) is 19.3. The molecule has 0 aromatic heterocycles. The molecule has 6 nitrogen and oxygen atoms in total. The van der Waals surface area contributed by atoms with E-state index in [1.54, 1.807) is 30.0 Å². The molecule has 0 saturated heterocycles. The van der Waals surface area contributed by atoms with Crippen LogP contribution in [0.1, 0.15) is 17.5 Å². The van der Waals surface area contributed by atoms with Gasteiger partial charge >= 0.3 is 0 Å². The van der Waals surface area contributed by atoms with Crippen molar-refractivity contribution in [3.63, 3.8) is 0 Å². The lowest BCUT2D eigenvalue weighted by Gasteiger charge is -2.24. The summed E-state index contributed by atoms with van der Waals surface area (Å²) in [6.45, 7) is 2.03. The van der Waals surface area contributed by atoms with Crippen molar-refractivity contribution in [2.75, 3.05) is 30.3 Å². The van der Waals surface area contributed by atoms with Gasteiger partial charge in [-0.3, -0.25) is 9.10 Å². The molecule has 1 N–H and O–H groups in total. The molecule has 0 aliphatic carbocycles. The first-order chi connectivity index (χ1) is 17.2. The molecule has 192 valence electrons. The van der Waals surface area contributed by atoms with E-state index in [2.05, 4.69) is 21.2 Å². The minimum absolute atomic E-state index is 0.0551. The van der Waals surface area contributed by atoms with Gasteiger partial charge in [0.2, 0.25) is 5.91 Å². The number of carbonyl (C=O) groups excluding carboxylic acids is 1. The minimum Gasteiger partial charge on any atom is -0.496 e. The first-order valence-electron chi connectivity index (χ1n) is 11.2. The van der Waals surface area contributed by atoms with Crippen LogP contribution in [0.25, 0.3) is 0 Å². The molecule has 0 unspecified atom stereocenters. The Morgan fingerprint density at radius 2 is 1.83 bits per heavy atom. The van der Waals surface area contributed by atoms with Gasteiger partial charge in [0.25, 0.3) is 10.0 Å². The van der Waals surface area contributed by atoms with Crippen LogP contribution in [-0.4, -0.2) is 40.3 Å². The van der Waals surface area contributed by atoms with Gasteiger partial charge in [-0.2, -0.15) is 11.8 Å². The first-order valence-corrected chi connectivity index (χ1v) is 15.0. The number of nitrogens with one attached hydrogen (secondary N) is 1. The molecule has 0 bridgehead atoms. The Morgan fingerprint density at radius 1 is 1.11 bits per heavy atom. The van der Waals surface area contributed by atoms with Gasteiger partial charge in [0.1, 0.15) is 12.3 Å². The molecule has 0 aliphatic rings. The second kappa shape index (κ2) is 13.4. The van der Waals surface area contributed by atoms with E-state index in [1.165, 1.54) is 19.2 Å². The normalized spacial score (nSPS) is 11.2. The summed E-state index contributed by atoms with van der Waals surface area (Å²) in [5, 5.41) is 3.59. The van der Waals surface area contributed by atoms with Crippen LogP contribution in [0.3, 0.4) is 0 Å². The summed E-state index contributed by atoms with van der Waals surface area (Å²) in [4.78, 5) is 12.8. The molecule has 0 radical (unpaired) electrons. The molecule has 0 fully saturated rings. The lowest BCUT2D eigenvalue weighted by Crippen LogP contribution is -2.41. The Labute approximate surface area is 230 Å². The van der Waals surface area contributed by atoms with Gasteiger partial charge in [0.05, 0.1) is 22.2 Å². The highest BCUT2D eigenvalue weighted by molar-refractivity contribution is 9.10. The molecule has 0 aliphatic heterocycles. The number of hydrogen-bond donors (Lipinski definition) is 1. The molecular formula is C26H28BrClN2O4S2. The molecule has 10 heteroatoms. The van der Waals surface area contributed by atoms with E-state index >= 15 is 0 Å². The first kappa shape index (κ1) is 28.4. The van der Waals surface area contributed by atoms with Crippen molar-refractivity contribution >= 4 is 60.9 Å². The molecule has 0 spiro atoms. The quantitative estimate of drug-likeness (QED) is 0.252. The highest BCUT2D eigenvalue weighted by Gasteiger charge is 2.28. The van der Waals surface area contributed by atoms with Crippen molar-refractivity contribution in [1.82, 2.24) is 5.32 Å². The number of carbonyl (C=O) groups is 1. The summed E-state index contributed by atoms with van der Waals surface area (Å²) >= 11 is 11.3. The SMILES string of the molecule is COc1ccc(S(=O)(=O)N(CC(=O)NCCCSCc2ccccc2Cl)c2ccc(C)cc2)cc1Br. The topological polar surface area (TPSA) is 75.7 Å². The number of aryl methyl sites for hydroxylation is 1. The Morgan fingerprint density at radius 3 is 2.50 bits per heavy atom. The highest BCUT2D eigenvalue weighted by Crippen LogP contribution is 2.30. The number of nitrogens with zero attached hydrogens (tertiary/aromatic N) is 1. The molecule has 1 amide bonds. The average Bonchev–Trinajstić information content (AvgIpc) is 2.86. The third-order valence-electron chi connectivity index (χ3n) is 5.32. The van der Waals surface area contributed by atoms with Gasteiger partial charge in [-0.15, -0.1) is 0 Å². The third-order valence-corrected chi connectivity index (χ3v) is 9.17. The maximum absolute atomic E-state index is 13.6. The number of thioether (sulfide) groups is 1. The summed E-state index contributed by atoms with van der Waals surface area (Å²) in [5.74, 6) is 1.78. The molecule has 0 atom stereocenters. The summed E-state index contributed by atoms with van der Waals surface area (Å²) in [7, 11) is -2.51. The smallest absolute Gasteiger partial charge is 0.264 e. The number of amides is 1. The molecule has 36 heavy (non-hydrogen) atoms. The van der Waals surface area contributed by atoms with Crippen molar-refractivity contribution in [3.05, 3.63) is 87.4 Å². The number of anilines is 1. The van der Waals surface area contributed by atoms with Crippen molar-refractivity contribution in [1.29, 1.82) is 0 Å². The summed E-state index contributed by atoms with van der Waals surface area (Å²) in [5.41, 5.74) is 2.48. The zero-order valence-electron chi connectivity index (χ0n) is 20.0. The van der Waals surface area contributed by atoms with E-state index < -0.39 is 10.0 Å². The van der Waals surface area contributed by atoms with Crippen LogP contribution < -0.4 is 14.4 Å². The number of halogens is 2. The Bertz CT molecular complexity index is 1290. The standard InChI is InChI=1S/C26H28BrClN2O4S2/c1-19-8-10-21(11-9-19)30(36(32,33)22-12-13-25(34-2)23(27)16-22)17-26(31)29-14-5-15-35-18-20-6-3-4-7-24(20)28/h3-4,6-13,16H,5,14-15,17-18H2,1-2H3,(H,29,31). The van der Waals surface area contributed by atoms with Crippen molar-refractivity contribution < 1.29 is 17.9 Å². The van der Waals surface area contributed by atoms with Crippen LogP contribution in [0.5, 0.6) is 5.75 Å². The van der Waals surface area contributed by atoms with Gasteiger partial charge < -0.3 is 10.1 Å². The van der Waals surface area contributed by atoms with Crippen molar-refractivity contribution in [2.45, 2.75) is 24.0 Å². The molecule has 3 rings (SSSR count). The zero-order valence-corrected chi connectivity index (χ0v) is 24.0. The van der Waals surface area contributed by atoms with Crippen molar-refractivity contribution in [2.24, 2.45) is 0 Å². The van der Waals surface area contributed by atoms with Crippen LogP contribution in [-0.2, 0) is 20.6 Å². The fraction of sp³-hybridized carbons (Fsp3) is 0.269. The van der Waals surface area contributed by atoms with E-state index in [4.69, 9.17) is 16.3 Å². The van der Waals surface area contributed by atoms with E-state index in [0.717, 1.165) is 38.4 Å².